The van der Waals surface area contributed by atoms with Gasteiger partial charge in [-0.3, -0.25) is 4.79 Å². The lowest BCUT2D eigenvalue weighted by atomic mass is 9.76. The fourth-order valence-electron chi connectivity index (χ4n) is 2.80. The molecule has 3 heteroatoms. The first-order valence-corrected chi connectivity index (χ1v) is 8.57. The van der Waals surface area contributed by atoms with E-state index in [0.29, 0.717) is 12.2 Å². The van der Waals surface area contributed by atoms with E-state index < -0.39 is 5.97 Å². The Kier molecular flexibility index (Phi) is 6.26. The summed E-state index contributed by atoms with van der Waals surface area (Å²) in [4.78, 5) is 11.1. The van der Waals surface area contributed by atoms with E-state index in [2.05, 4.69) is 53.7 Å². The predicted molar refractivity (Wildman–Crippen MR) is 95.3 cm³/mol. The first kappa shape index (κ1) is 19.5. The van der Waals surface area contributed by atoms with Gasteiger partial charge in [-0.25, -0.2) is 0 Å². The molecule has 1 aromatic carbocycles. The molecule has 0 spiro atoms. The monoisotopic (exact) mass is 320 g/mol. The third-order valence-corrected chi connectivity index (χ3v) is 4.82. The first-order valence-electron chi connectivity index (χ1n) is 8.57. The number of rotatable bonds is 7. The second-order valence-electron chi connectivity index (χ2n) is 7.97. The van der Waals surface area contributed by atoms with Gasteiger partial charge in [-0.15, -0.1) is 0 Å². The quantitative estimate of drug-likeness (QED) is 0.705. The minimum absolute atomic E-state index is 0.120. The molecule has 0 aliphatic heterocycles. The molecule has 0 amide bonds. The summed E-state index contributed by atoms with van der Waals surface area (Å²) in [5.41, 5.74) is 3.02. The average molecular weight is 320 g/mol. The Hall–Kier alpha value is -1.51. The number of carbonyl (C=O) groups is 1. The van der Waals surface area contributed by atoms with Gasteiger partial charge in [0.2, 0.25) is 0 Å². The molecule has 23 heavy (non-hydrogen) atoms. The van der Waals surface area contributed by atoms with Crippen molar-refractivity contribution in [1.29, 1.82) is 0 Å². The third-order valence-electron chi connectivity index (χ3n) is 4.82. The summed E-state index contributed by atoms with van der Waals surface area (Å²) in [7, 11) is 0. The van der Waals surface area contributed by atoms with Gasteiger partial charge < -0.3 is 10.2 Å². The zero-order chi connectivity index (χ0) is 17.9. The largest absolute Gasteiger partial charge is 0.507 e. The molecule has 0 fully saturated rings. The van der Waals surface area contributed by atoms with Crippen LogP contribution in [-0.4, -0.2) is 16.2 Å². The van der Waals surface area contributed by atoms with E-state index in [1.165, 1.54) is 5.56 Å². The van der Waals surface area contributed by atoms with Crippen molar-refractivity contribution in [2.24, 2.45) is 5.92 Å². The Labute approximate surface area is 140 Å². The van der Waals surface area contributed by atoms with Crippen LogP contribution in [0, 0.1) is 5.92 Å². The molecule has 0 bridgehead atoms. The molecule has 0 heterocycles. The lowest BCUT2D eigenvalue weighted by Gasteiger charge is -2.29. The zero-order valence-electron chi connectivity index (χ0n) is 15.6. The topological polar surface area (TPSA) is 57.5 Å². The highest BCUT2D eigenvalue weighted by Crippen LogP contribution is 2.39. The van der Waals surface area contributed by atoms with Gasteiger partial charge in [0.05, 0.1) is 5.92 Å². The van der Waals surface area contributed by atoms with Gasteiger partial charge in [0, 0.05) is 0 Å². The fourth-order valence-corrected chi connectivity index (χ4v) is 2.80. The Bertz CT molecular complexity index is 527. The van der Waals surface area contributed by atoms with Crippen molar-refractivity contribution in [1.82, 2.24) is 0 Å². The summed E-state index contributed by atoms with van der Waals surface area (Å²) in [5.74, 6) is -0.159. The van der Waals surface area contributed by atoms with Gasteiger partial charge in [0.15, 0.2) is 0 Å². The Balaban J connectivity index is 3.21. The molecule has 2 N–H and O–H groups in total. The van der Waals surface area contributed by atoms with Gasteiger partial charge in [-0.1, -0.05) is 60.6 Å². The number of hydrogen-bond acceptors (Lipinski definition) is 2. The molecular formula is C20H32O3. The van der Waals surface area contributed by atoms with E-state index in [9.17, 15) is 9.90 Å². The Morgan fingerprint density at radius 1 is 1.04 bits per heavy atom. The average Bonchev–Trinajstić information content (AvgIpc) is 2.43. The molecule has 1 aromatic rings. The highest BCUT2D eigenvalue weighted by atomic mass is 16.4. The lowest BCUT2D eigenvalue weighted by molar-refractivity contribution is -0.141. The van der Waals surface area contributed by atoms with Crippen molar-refractivity contribution in [3.8, 4) is 5.75 Å². The van der Waals surface area contributed by atoms with Crippen molar-refractivity contribution in [2.45, 2.75) is 78.6 Å². The van der Waals surface area contributed by atoms with Gasteiger partial charge in [0.1, 0.15) is 5.75 Å². The smallest absolute Gasteiger partial charge is 0.306 e. The normalized spacial score (nSPS) is 13.6. The minimum atomic E-state index is -0.739. The van der Waals surface area contributed by atoms with Gasteiger partial charge in [-0.2, -0.15) is 0 Å². The maximum atomic E-state index is 11.1. The summed E-state index contributed by atoms with van der Waals surface area (Å²) >= 11 is 0. The summed E-state index contributed by atoms with van der Waals surface area (Å²) in [5, 5.41) is 19.6. The fraction of sp³-hybridized carbons (Fsp3) is 0.650. The summed E-state index contributed by atoms with van der Waals surface area (Å²) in [6.45, 7) is 14.4. The Morgan fingerprint density at radius 3 is 1.83 bits per heavy atom. The number of phenolic OH excluding ortho intramolecular Hbond substituents is 1. The zero-order valence-corrected chi connectivity index (χ0v) is 15.6. The number of aliphatic carboxylic acids is 1. The van der Waals surface area contributed by atoms with Crippen LogP contribution in [0.4, 0.5) is 0 Å². The molecule has 1 atom stereocenters. The van der Waals surface area contributed by atoms with E-state index >= 15 is 0 Å². The first-order chi connectivity index (χ1) is 10.5. The number of phenols is 1. The molecule has 0 aliphatic rings. The number of aromatic hydroxyl groups is 1. The molecule has 3 nitrogen and oxygen atoms in total. The summed E-state index contributed by atoms with van der Waals surface area (Å²) in [6.07, 6.45) is 1.46. The summed E-state index contributed by atoms with van der Waals surface area (Å²) < 4.78 is 0. The maximum Gasteiger partial charge on any atom is 0.306 e. The molecule has 1 unspecified atom stereocenters. The predicted octanol–water partition coefficient (Wildman–Crippen LogP) is 5.42. The van der Waals surface area contributed by atoms with Crippen molar-refractivity contribution in [3.63, 3.8) is 0 Å². The highest BCUT2D eigenvalue weighted by Gasteiger charge is 2.26. The minimum Gasteiger partial charge on any atom is -0.507 e. The number of carboxylic acids is 1. The number of hydrogen-bond donors (Lipinski definition) is 2. The molecular weight excluding hydrogens is 288 g/mol. The number of benzene rings is 1. The highest BCUT2D eigenvalue weighted by molar-refractivity contribution is 5.69. The van der Waals surface area contributed by atoms with Gasteiger partial charge in [-0.05, 0) is 46.8 Å². The van der Waals surface area contributed by atoms with Crippen molar-refractivity contribution in [2.75, 3.05) is 0 Å². The van der Waals surface area contributed by atoms with Crippen LogP contribution in [0.5, 0.6) is 5.75 Å². The van der Waals surface area contributed by atoms with Gasteiger partial charge in [0.25, 0.3) is 0 Å². The second kappa shape index (κ2) is 7.37. The van der Waals surface area contributed by atoms with Crippen LogP contribution in [0.2, 0.25) is 0 Å². The molecule has 130 valence electrons. The van der Waals surface area contributed by atoms with E-state index in [1.807, 2.05) is 0 Å². The molecule has 0 aromatic heterocycles. The lowest BCUT2D eigenvalue weighted by Crippen LogP contribution is -2.21. The van der Waals surface area contributed by atoms with E-state index in [1.54, 1.807) is 6.92 Å². The Morgan fingerprint density at radius 2 is 1.48 bits per heavy atom. The van der Waals surface area contributed by atoms with Crippen LogP contribution < -0.4 is 0 Å². The summed E-state index contributed by atoms with van der Waals surface area (Å²) in [6, 6.07) is 4.19. The SMILES string of the molecule is CC(CCC(C)(C)c1cc(C(C)C)c(O)c(C(C)C)c1)C(=O)O. The van der Waals surface area contributed by atoms with Crippen LogP contribution >= 0.6 is 0 Å². The molecule has 0 saturated heterocycles. The van der Waals surface area contributed by atoms with Crippen LogP contribution in [0.1, 0.15) is 89.8 Å². The third kappa shape index (κ3) is 4.73. The van der Waals surface area contributed by atoms with Gasteiger partial charge >= 0.3 is 5.97 Å². The van der Waals surface area contributed by atoms with Crippen molar-refractivity contribution >= 4 is 5.97 Å². The van der Waals surface area contributed by atoms with E-state index in [-0.39, 0.29) is 23.2 Å². The van der Waals surface area contributed by atoms with Crippen molar-refractivity contribution in [3.05, 3.63) is 28.8 Å². The van der Waals surface area contributed by atoms with Crippen LogP contribution in [0.3, 0.4) is 0 Å². The van der Waals surface area contributed by atoms with E-state index in [4.69, 9.17) is 5.11 Å². The van der Waals surface area contributed by atoms with Crippen LogP contribution in [-0.2, 0) is 10.2 Å². The molecule has 0 saturated carbocycles. The molecule has 1 rings (SSSR count). The van der Waals surface area contributed by atoms with Crippen molar-refractivity contribution < 1.29 is 15.0 Å². The molecule has 0 aliphatic carbocycles. The van der Waals surface area contributed by atoms with E-state index in [0.717, 1.165) is 17.5 Å². The second-order valence-corrected chi connectivity index (χ2v) is 7.97. The number of carboxylic acid groups (broad SMARTS) is 1. The molecule has 0 radical (unpaired) electrons. The van der Waals surface area contributed by atoms with Crippen LogP contribution in [0.15, 0.2) is 12.1 Å². The maximum absolute atomic E-state index is 11.1. The standard InChI is InChI=1S/C20H32O3/c1-12(2)16-10-15(11-17(13(3)4)18(16)21)20(6,7)9-8-14(5)19(22)23/h10-14,21H,8-9H2,1-7H3,(H,22,23). The van der Waals surface area contributed by atoms with Crippen LogP contribution in [0.25, 0.3) is 0 Å².